The van der Waals surface area contributed by atoms with Gasteiger partial charge in [-0.05, 0) is 51.8 Å². The molecule has 0 aliphatic rings. The molecule has 0 aromatic heterocycles. The van der Waals surface area contributed by atoms with Crippen LogP contribution in [0.3, 0.4) is 0 Å². The number of unbranched alkanes of at least 4 members (excludes halogenated alkanes) is 10. The van der Waals surface area contributed by atoms with Crippen LogP contribution in [0.15, 0.2) is 24.3 Å². The van der Waals surface area contributed by atoms with E-state index in [0.717, 1.165) is 25.7 Å². The van der Waals surface area contributed by atoms with Gasteiger partial charge < -0.3 is 31.1 Å². The second-order valence-corrected chi connectivity index (χ2v) is 7.35. The summed E-state index contributed by atoms with van der Waals surface area (Å²) in [5, 5.41) is 22.0. The summed E-state index contributed by atoms with van der Waals surface area (Å²) in [4.78, 5) is 24.7. The average Bonchev–Trinajstić information content (AvgIpc) is 2.96. The molecule has 1 rings (SSSR count). The second-order valence-electron chi connectivity index (χ2n) is 7.35. The van der Waals surface area contributed by atoms with Gasteiger partial charge in [0.05, 0.1) is 24.3 Å². The fraction of sp³-hybridized carbons (Fsp3) is 0.571. The van der Waals surface area contributed by atoms with Crippen LogP contribution in [-0.2, 0) is 9.47 Å². The molecule has 8 nitrogen and oxygen atoms in total. The summed E-state index contributed by atoms with van der Waals surface area (Å²) in [6, 6.07) is 6.74. The largest absolute Gasteiger partial charge is 0.462 e. The van der Waals surface area contributed by atoms with Gasteiger partial charge in [-0.2, -0.15) is 0 Å². The molecule has 0 saturated heterocycles. The zero-order chi connectivity index (χ0) is 28.5. The summed E-state index contributed by atoms with van der Waals surface area (Å²) in [5.41, 5.74) is 0.586. The maximum atomic E-state index is 12.4. The highest BCUT2D eigenvalue weighted by Crippen LogP contribution is 2.14. The van der Waals surface area contributed by atoms with E-state index in [1.54, 1.807) is 24.3 Å². The molecule has 0 atom stereocenters. The Hall–Kier alpha value is -3.16. The Morgan fingerprint density at radius 1 is 0.556 bits per heavy atom. The molecule has 36 heavy (non-hydrogen) atoms. The molecule has 0 fully saturated rings. The van der Waals surface area contributed by atoms with E-state index < -0.39 is 11.9 Å². The van der Waals surface area contributed by atoms with Crippen molar-refractivity contribution < 1.29 is 19.1 Å². The van der Waals surface area contributed by atoms with Crippen molar-refractivity contribution in [2.75, 3.05) is 13.2 Å². The van der Waals surface area contributed by atoms with Crippen LogP contribution in [0.25, 0.3) is 0 Å². The summed E-state index contributed by atoms with van der Waals surface area (Å²) in [5.74, 6) is -0.888. The molecule has 1 aromatic carbocycles. The van der Waals surface area contributed by atoms with Crippen LogP contribution in [0.2, 0.25) is 0 Å². The van der Waals surface area contributed by atoms with Gasteiger partial charge in [-0.3, -0.25) is 0 Å². The fourth-order valence-electron chi connectivity index (χ4n) is 3.09. The Bertz CT molecular complexity index is 572. The summed E-state index contributed by atoms with van der Waals surface area (Å²) in [7, 11) is 0. The lowest BCUT2D eigenvalue weighted by atomic mass is 10.1. The SMILES string of the molecule is C=N.C=N.C=N.C=N.CCCCCCCCOC(=O)c1ccccc1C(=O)OCCCCCCCC. The van der Waals surface area contributed by atoms with E-state index in [4.69, 9.17) is 31.1 Å². The van der Waals surface area contributed by atoms with Crippen molar-refractivity contribution in [3.63, 3.8) is 0 Å². The highest BCUT2D eigenvalue weighted by molar-refractivity contribution is 6.03. The van der Waals surface area contributed by atoms with E-state index in [-0.39, 0.29) is 0 Å². The maximum Gasteiger partial charge on any atom is 0.339 e. The topological polar surface area (TPSA) is 148 Å². The number of ether oxygens (including phenoxy) is 2. The van der Waals surface area contributed by atoms with Crippen molar-refractivity contribution in [3.8, 4) is 0 Å². The van der Waals surface area contributed by atoms with Crippen LogP contribution >= 0.6 is 0 Å². The van der Waals surface area contributed by atoms with Gasteiger partial charge in [0.1, 0.15) is 0 Å². The molecule has 206 valence electrons. The Labute approximate surface area is 219 Å². The Morgan fingerprint density at radius 2 is 0.833 bits per heavy atom. The van der Waals surface area contributed by atoms with Crippen LogP contribution in [0.5, 0.6) is 0 Å². The van der Waals surface area contributed by atoms with Crippen molar-refractivity contribution >= 4 is 38.8 Å². The summed E-state index contributed by atoms with van der Waals surface area (Å²) in [6.45, 7) is 15.2. The van der Waals surface area contributed by atoms with E-state index in [2.05, 4.69) is 40.7 Å². The average molecular weight is 507 g/mol. The number of carbonyl (C=O) groups is 2. The predicted molar refractivity (Wildman–Crippen MR) is 153 cm³/mol. The van der Waals surface area contributed by atoms with Crippen molar-refractivity contribution in [2.24, 2.45) is 0 Å². The van der Waals surface area contributed by atoms with Gasteiger partial charge >= 0.3 is 11.9 Å². The van der Waals surface area contributed by atoms with E-state index in [1.807, 2.05) is 0 Å². The van der Waals surface area contributed by atoms with Gasteiger partial charge in [-0.25, -0.2) is 9.59 Å². The zero-order valence-electron chi connectivity index (χ0n) is 22.7. The number of hydrogen-bond donors (Lipinski definition) is 4. The van der Waals surface area contributed by atoms with Crippen LogP contribution in [0.1, 0.15) is 112 Å². The molecule has 0 radical (unpaired) electrons. The number of hydrogen-bond acceptors (Lipinski definition) is 8. The lowest BCUT2D eigenvalue weighted by molar-refractivity contribution is 0.0450. The minimum absolute atomic E-state index is 0.293. The minimum atomic E-state index is -0.444. The molecular weight excluding hydrogens is 456 g/mol. The van der Waals surface area contributed by atoms with Gasteiger partial charge in [0, 0.05) is 0 Å². The highest BCUT2D eigenvalue weighted by atomic mass is 16.5. The Kier molecular flexibility index (Phi) is 40.5. The monoisotopic (exact) mass is 506 g/mol. The van der Waals surface area contributed by atoms with Gasteiger partial charge in [0.2, 0.25) is 0 Å². The minimum Gasteiger partial charge on any atom is -0.462 e. The smallest absolute Gasteiger partial charge is 0.339 e. The Balaban J connectivity index is -0.000000579. The van der Waals surface area contributed by atoms with Gasteiger partial charge in [-0.1, -0.05) is 90.2 Å². The predicted octanol–water partition coefficient (Wildman–Crippen LogP) is 7.78. The number of nitrogens with one attached hydrogen (secondary N) is 4. The van der Waals surface area contributed by atoms with E-state index >= 15 is 0 Å². The third-order valence-electron chi connectivity index (χ3n) is 4.83. The van der Waals surface area contributed by atoms with E-state index in [1.165, 1.54) is 51.4 Å². The Morgan fingerprint density at radius 3 is 1.14 bits per heavy atom. The fourth-order valence-corrected chi connectivity index (χ4v) is 3.09. The molecule has 8 heteroatoms. The molecule has 0 aliphatic heterocycles. The summed E-state index contributed by atoms with van der Waals surface area (Å²) < 4.78 is 10.7. The first-order chi connectivity index (χ1) is 17.7. The molecule has 4 N–H and O–H groups in total. The number of benzene rings is 1. The van der Waals surface area contributed by atoms with E-state index in [0.29, 0.717) is 24.3 Å². The zero-order valence-corrected chi connectivity index (χ0v) is 22.7. The first kappa shape index (κ1) is 40.0. The van der Waals surface area contributed by atoms with Crippen LogP contribution in [0, 0.1) is 21.6 Å². The van der Waals surface area contributed by atoms with Gasteiger partial charge in [-0.15, -0.1) is 0 Å². The van der Waals surface area contributed by atoms with Gasteiger partial charge in [0.15, 0.2) is 0 Å². The molecule has 0 heterocycles. The molecule has 0 unspecified atom stereocenters. The molecule has 0 aliphatic carbocycles. The number of rotatable bonds is 16. The third-order valence-corrected chi connectivity index (χ3v) is 4.83. The normalized spacial score (nSPS) is 8.72. The first-order valence-corrected chi connectivity index (χ1v) is 12.5. The molecule has 0 saturated carbocycles. The van der Waals surface area contributed by atoms with Crippen molar-refractivity contribution in [3.05, 3.63) is 35.4 Å². The maximum absolute atomic E-state index is 12.4. The molecule has 0 spiro atoms. The van der Waals surface area contributed by atoms with Crippen LogP contribution in [0.4, 0.5) is 0 Å². The lowest BCUT2D eigenvalue weighted by Crippen LogP contribution is -2.15. The van der Waals surface area contributed by atoms with Crippen LogP contribution in [-0.4, -0.2) is 52.0 Å². The molecule has 1 aromatic rings. The van der Waals surface area contributed by atoms with E-state index in [9.17, 15) is 9.59 Å². The van der Waals surface area contributed by atoms with Crippen molar-refractivity contribution in [1.82, 2.24) is 0 Å². The summed E-state index contributed by atoms with van der Waals surface area (Å²) >= 11 is 0. The van der Waals surface area contributed by atoms with Crippen molar-refractivity contribution in [2.45, 2.75) is 90.9 Å². The molecular formula is C28H50N4O4. The lowest BCUT2D eigenvalue weighted by Gasteiger charge is -2.10. The third kappa shape index (κ3) is 24.0. The van der Waals surface area contributed by atoms with Crippen LogP contribution < -0.4 is 0 Å². The first-order valence-electron chi connectivity index (χ1n) is 12.5. The highest BCUT2D eigenvalue weighted by Gasteiger charge is 2.18. The number of esters is 2. The summed E-state index contributed by atoms with van der Waals surface area (Å²) in [6.07, 6.45) is 13.6. The number of carbonyl (C=O) groups excluding carboxylic acids is 2. The second kappa shape index (κ2) is 36.4. The van der Waals surface area contributed by atoms with Crippen molar-refractivity contribution in [1.29, 1.82) is 21.6 Å². The standard InChI is InChI=1S/C24H38O4.4CH3N/c1-3-5-7-9-11-15-19-27-23(25)21-17-13-14-18-22(21)24(26)28-20-16-12-10-8-6-4-2;4*1-2/h13-14,17-18H,3-12,15-16,19-20H2,1-2H3;4*2H,1H2. The van der Waals surface area contributed by atoms with Gasteiger partial charge in [0.25, 0.3) is 0 Å². The molecule has 0 amide bonds. The molecule has 0 bridgehead atoms. The quantitative estimate of drug-likeness (QED) is 0.103.